The van der Waals surface area contributed by atoms with Gasteiger partial charge in [0, 0.05) is 24.2 Å². The average Bonchev–Trinajstić information content (AvgIpc) is 2.18. The maximum absolute atomic E-state index is 5.86. The van der Waals surface area contributed by atoms with Crippen molar-refractivity contribution in [3.8, 4) is 0 Å². The molecule has 3 heteroatoms. The molecule has 0 unspecified atom stereocenters. The maximum Gasteiger partial charge on any atom is 0.0309 e. The number of fused-ring (bicyclic) bond motifs is 2. The van der Waals surface area contributed by atoms with Gasteiger partial charge in [-0.25, -0.2) is 0 Å². The lowest BCUT2D eigenvalue weighted by Gasteiger charge is -2.53. The van der Waals surface area contributed by atoms with E-state index < -0.39 is 0 Å². The van der Waals surface area contributed by atoms with E-state index in [9.17, 15) is 0 Å². The minimum absolute atomic E-state index is 0.232. The van der Waals surface area contributed by atoms with Gasteiger partial charge in [0.05, 0.1) is 0 Å². The van der Waals surface area contributed by atoms with Gasteiger partial charge in [-0.2, -0.15) is 0 Å². The molecule has 3 nitrogen and oxygen atoms in total. The van der Waals surface area contributed by atoms with Gasteiger partial charge in [0.25, 0.3) is 0 Å². The van der Waals surface area contributed by atoms with Crippen LogP contribution in [0.25, 0.3) is 0 Å². The lowest BCUT2D eigenvalue weighted by Crippen LogP contribution is -2.69. The van der Waals surface area contributed by atoms with E-state index in [1.54, 1.807) is 0 Å². The third-order valence-electron chi connectivity index (χ3n) is 3.93. The van der Waals surface area contributed by atoms with Crippen LogP contribution in [0.15, 0.2) is 0 Å². The summed E-state index contributed by atoms with van der Waals surface area (Å²) in [6.07, 6.45) is 7.55. The fourth-order valence-corrected chi connectivity index (χ4v) is 3.10. The number of hydrogen-bond acceptors (Lipinski definition) is 3. The molecule has 0 aromatic rings. The molecule has 76 valence electrons. The third-order valence-corrected chi connectivity index (χ3v) is 3.93. The second-order valence-corrected chi connectivity index (χ2v) is 4.80. The molecule has 2 aliphatic heterocycles. The van der Waals surface area contributed by atoms with Crippen LogP contribution < -0.4 is 16.8 Å². The van der Waals surface area contributed by atoms with Gasteiger partial charge in [-0.05, 0) is 38.5 Å². The first-order valence-electron chi connectivity index (χ1n) is 5.44. The summed E-state index contributed by atoms with van der Waals surface area (Å²) in [4.78, 5) is 0. The molecule has 0 aliphatic carbocycles. The van der Waals surface area contributed by atoms with Gasteiger partial charge >= 0.3 is 0 Å². The average molecular weight is 183 g/mol. The van der Waals surface area contributed by atoms with Crippen LogP contribution in [0.1, 0.15) is 38.5 Å². The van der Waals surface area contributed by atoms with Crippen molar-refractivity contribution in [2.75, 3.05) is 13.1 Å². The van der Waals surface area contributed by atoms with Crippen molar-refractivity contribution in [3.05, 3.63) is 0 Å². The summed E-state index contributed by atoms with van der Waals surface area (Å²) in [6, 6.07) is 0. The van der Waals surface area contributed by atoms with E-state index in [0.717, 1.165) is 13.1 Å². The molecule has 2 bridgehead atoms. The molecule has 2 saturated heterocycles. The molecule has 2 heterocycles. The van der Waals surface area contributed by atoms with Gasteiger partial charge in [0.1, 0.15) is 0 Å². The monoisotopic (exact) mass is 183 g/mol. The Kier molecular flexibility index (Phi) is 2.34. The Morgan fingerprint density at radius 1 is 0.846 bits per heavy atom. The van der Waals surface area contributed by atoms with Crippen LogP contribution in [-0.4, -0.2) is 24.2 Å². The first-order chi connectivity index (χ1) is 6.24. The normalized spacial score (nSPS) is 44.8. The zero-order valence-corrected chi connectivity index (χ0v) is 8.31. The van der Waals surface area contributed by atoms with Crippen molar-refractivity contribution in [1.82, 2.24) is 5.32 Å². The SMILES string of the molecule is NCC12CCCC(CN)(CCC1)N2. The van der Waals surface area contributed by atoms with Gasteiger partial charge in [-0.1, -0.05) is 0 Å². The fraction of sp³-hybridized carbons (Fsp3) is 1.00. The van der Waals surface area contributed by atoms with Crippen LogP contribution in [0.5, 0.6) is 0 Å². The summed E-state index contributed by atoms with van der Waals surface area (Å²) in [6.45, 7) is 1.55. The zero-order chi connectivity index (χ0) is 9.36. The largest absolute Gasteiger partial charge is 0.329 e. The Balaban J connectivity index is 2.16. The predicted octanol–water partition coefficient (Wildman–Crippen LogP) is 0.339. The van der Waals surface area contributed by atoms with E-state index in [4.69, 9.17) is 11.5 Å². The Morgan fingerprint density at radius 2 is 1.23 bits per heavy atom. The van der Waals surface area contributed by atoms with Gasteiger partial charge in [0.15, 0.2) is 0 Å². The predicted molar refractivity (Wildman–Crippen MR) is 54.4 cm³/mol. The summed E-state index contributed by atoms with van der Waals surface area (Å²) in [5.74, 6) is 0. The second-order valence-electron chi connectivity index (χ2n) is 4.80. The van der Waals surface area contributed by atoms with E-state index in [-0.39, 0.29) is 11.1 Å². The van der Waals surface area contributed by atoms with E-state index in [2.05, 4.69) is 5.32 Å². The minimum Gasteiger partial charge on any atom is -0.329 e. The number of hydrogen-bond donors (Lipinski definition) is 3. The number of nitrogens with one attached hydrogen (secondary N) is 1. The quantitative estimate of drug-likeness (QED) is 0.578. The van der Waals surface area contributed by atoms with Gasteiger partial charge in [-0.3, -0.25) is 0 Å². The molecule has 0 spiro atoms. The topological polar surface area (TPSA) is 64.1 Å². The third kappa shape index (κ3) is 1.49. The molecule has 0 saturated carbocycles. The lowest BCUT2D eigenvalue weighted by molar-refractivity contribution is 0.0787. The molecule has 2 aliphatic rings. The molecule has 0 atom stereocenters. The molecule has 2 rings (SSSR count). The van der Waals surface area contributed by atoms with Crippen LogP contribution in [0.2, 0.25) is 0 Å². The zero-order valence-electron chi connectivity index (χ0n) is 8.31. The fourth-order valence-electron chi connectivity index (χ4n) is 3.10. The first-order valence-corrected chi connectivity index (χ1v) is 5.44. The second kappa shape index (κ2) is 3.23. The van der Waals surface area contributed by atoms with Crippen molar-refractivity contribution in [3.63, 3.8) is 0 Å². The highest BCUT2D eigenvalue weighted by molar-refractivity contribution is 5.07. The van der Waals surface area contributed by atoms with E-state index in [0.29, 0.717) is 0 Å². The maximum atomic E-state index is 5.86. The molecule has 0 aromatic heterocycles. The van der Waals surface area contributed by atoms with Gasteiger partial charge in [0.2, 0.25) is 0 Å². The van der Waals surface area contributed by atoms with Gasteiger partial charge < -0.3 is 16.8 Å². The summed E-state index contributed by atoms with van der Waals surface area (Å²) < 4.78 is 0. The summed E-state index contributed by atoms with van der Waals surface area (Å²) in [7, 11) is 0. The highest BCUT2D eigenvalue weighted by Crippen LogP contribution is 2.38. The van der Waals surface area contributed by atoms with Gasteiger partial charge in [-0.15, -0.1) is 0 Å². The summed E-state index contributed by atoms with van der Waals surface area (Å²) in [5, 5.41) is 3.73. The standard InChI is InChI=1S/C10H21N3/c11-7-9-3-1-4-10(8-12,13-9)6-2-5-9/h13H,1-8,11-12H2. The first kappa shape index (κ1) is 9.44. The van der Waals surface area contributed by atoms with Crippen LogP contribution in [0, 0.1) is 0 Å². The van der Waals surface area contributed by atoms with E-state index >= 15 is 0 Å². The molecule has 0 aromatic carbocycles. The molecule has 5 N–H and O–H groups in total. The van der Waals surface area contributed by atoms with Crippen LogP contribution >= 0.6 is 0 Å². The Morgan fingerprint density at radius 3 is 1.54 bits per heavy atom. The Bertz CT molecular complexity index is 163. The summed E-state index contributed by atoms with van der Waals surface area (Å²) >= 11 is 0. The lowest BCUT2D eigenvalue weighted by atomic mass is 9.69. The van der Waals surface area contributed by atoms with Crippen molar-refractivity contribution in [2.24, 2.45) is 11.5 Å². The molecule has 0 radical (unpaired) electrons. The minimum atomic E-state index is 0.232. The molecular formula is C10H21N3. The Hall–Kier alpha value is -0.120. The van der Waals surface area contributed by atoms with E-state index in [1.165, 1.54) is 38.5 Å². The van der Waals surface area contributed by atoms with E-state index in [1.807, 2.05) is 0 Å². The number of rotatable bonds is 2. The van der Waals surface area contributed by atoms with Crippen LogP contribution in [-0.2, 0) is 0 Å². The number of nitrogens with two attached hydrogens (primary N) is 2. The van der Waals surface area contributed by atoms with Crippen molar-refractivity contribution >= 4 is 0 Å². The smallest absolute Gasteiger partial charge is 0.0309 e. The molecule has 13 heavy (non-hydrogen) atoms. The Labute approximate surface area is 80.2 Å². The van der Waals surface area contributed by atoms with Crippen LogP contribution in [0.3, 0.4) is 0 Å². The van der Waals surface area contributed by atoms with Crippen LogP contribution in [0.4, 0.5) is 0 Å². The highest BCUT2D eigenvalue weighted by atomic mass is 15.1. The molecular weight excluding hydrogens is 162 g/mol. The molecule has 2 fully saturated rings. The number of piperidine rings is 2. The molecule has 0 amide bonds. The van der Waals surface area contributed by atoms with Crippen molar-refractivity contribution in [2.45, 2.75) is 49.6 Å². The van der Waals surface area contributed by atoms with Crippen molar-refractivity contribution < 1.29 is 0 Å². The highest BCUT2D eigenvalue weighted by Gasteiger charge is 2.45. The van der Waals surface area contributed by atoms with Crippen molar-refractivity contribution in [1.29, 1.82) is 0 Å². The summed E-state index contributed by atoms with van der Waals surface area (Å²) in [5.41, 5.74) is 12.2.